The molecule has 8 nitrogen and oxygen atoms in total. The van der Waals surface area contributed by atoms with Gasteiger partial charge in [0.05, 0.1) is 18.4 Å². The maximum atomic E-state index is 12.3. The molecule has 0 spiro atoms. The Balaban J connectivity index is 1.74. The van der Waals surface area contributed by atoms with Gasteiger partial charge in [-0.1, -0.05) is 18.2 Å². The number of esters is 1. The number of hydrogen-bond acceptors (Lipinski definition) is 6. The molecule has 3 aromatic rings. The van der Waals surface area contributed by atoms with Gasteiger partial charge in [-0.2, -0.15) is 5.10 Å². The summed E-state index contributed by atoms with van der Waals surface area (Å²) in [5.74, 6) is -0.531. The largest absolute Gasteiger partial charge is 0.495 e. The van der Waals surface area contributed by atoms with E-state index in [1.54, 1.807) is 16.9 Å². The van der Waals surface area contributed by atoms with Crippen LogP contribution in [0.15, 0.2) is 65.7 Å². The molecule has 2 aromatic carbocycles. The van der Waals surface area contributed by atoms with E-state index < -0.39 is 16.0 Å². The minimum atomic E-state index is -3.79. The maximum Gasteiger partial charge on any atom is 0.338 e. The highest BCUT2D eigenvalue weighted by atomic mass is 32.2. The van der Waals surface area contributed by atoms with Gasteiger partial charge in [0.25, 0.3) is 0 Å². The lowest BCUT2D eigenvalue weighted by Crippen LogP contribution is -2.20. The third-order valence-corrected chi connectivity index (χ3v) is 5.41. The molecule has 0 amide bonds. The van der Waals surface area contributed by atoms with Gasteiger partial charge >= 0.3 is 5.97 Å². The van der Waals surface area contributed by atoms with Gasteiger partial charge in [0.1, 0.15) is 22.9 Å². The normalized spacial score (nSPS) is 11.2. The second-order valence-electron chi connectivity index (χ2n) is 5.74. The molecule has 9 heteroatoms. The number of hydrogen-bond donors (Lipinski definition) is 1. The van der Waals surface area contributed by atoms with Crippen LogP contribution in [0.4, 0.5) is 0 Å². The number of nitrogens with one attached hydrogen (secondary N) is 1. The molecule has 3 rings (SSSR count). The van der Waals surface area contributed by atoms with E-state index in [9.17, 15) is 13.2 Å². The van der Waals surface area contributed by atoms with Crippen molar-refractivity contribution >= 4 is 16.0 Å². The van der Waals surface area contributed by atoms with Gasteiger partial charge < -0.3 is 9.47 Å². The molecule has 0 bridgehead atoms. The second-order valence-corrected chi connectivity index (χ2v) is 7.59. The quantitative estimate of drug-likeness (QED) is 0.609. The molecule has 0 saturated heterocycles. The highest BCUT2D eigenvalue weighted by Gasteiger charge is 2.21. The van der Waals surface area contributed by atoms with Crippen LogP contribution in [0.2, 0.25) is 0 Å². The lowest BCUT2D eigenvalue weighted by atomic mass is 10.2. The van der Waals surface area contributed by atoms with E-state index >= 15 is 0 Å². The molecule has 1 heterocycles. The standard InChI is InChI=1S/C19H19N3O5S/c1-20-28(24,25)18-12-14(8-9-17(18)26-2)19(23)27-13-15-10-11-22(21-15)16-6-4-3-5-7-16/h3-12,20H,13H2,1-2H3. The molecule has 0 aliphatic heterocycles. The predicted molar refractivity (Wildman–Crippen MR) is 102 cm³/mol. The fourth-order valence-corrected chi connectivity index (χ4v) is 3.43. The van der Waals surface area contributed by atoms with Crippen LogP contribution in [0.3, 0.4) is 0 Å². The summed E-state index contributed by atoms with van der Waals surface area (Å²) in [6.07, 6.45) is 1.77. The summed E-state index contributed by atoms with van der Waals surface area (Å²) in [5.41, 5.74) is 1.54. The van der Waals surface area contributed by atoms with Crippen molar-refractivity contribution in [3.63, 3.8) is 0 Å². The molecule has 1 aromatic heterocycles. The molecule has 0 saturated carbocycles. The zero-order valence-electron chi connectivity index (χ0n) is 15.3. The lowest BCUT2D eigenvalue weighted by Gasteiger charge is -2.10. The van der Waals surface area contributed by atoms with E-state index in [1.165, 1.54) is 32.4 Å². The van der Waals surface area contributed by atoms with Gasteiger partial charge in [0, 0.05) is 6.20 Å². The van der Waals surface area contributed by atoms with Gasteiger partial charge in [-0.3, -0.25) is 0 Å². The summed E-state index contributed by atoms with van der Waals surface area (Å²) in [6.45, 7) is -0.0428. The molecule has 0 aliphatic carbocycles. The van der Waals surface area contributed by atoms with Crippen molar-refractivity contribution in [2.75, 3.05) is 14.2 Å². The van der Waals surface area contributed by atoms with Gasteiger partial charge in [-0.25, -0.2) is 22.6 Å². The summed E-state index contributed by atoms with van der Waals surface area (Å²) < 4.78 is 38.4. The van der Waals surface area contributed by atoms with Crippen LogP contribution in [-0.4, -0.2) is 38.3 Å². The Morgan fingerprint density at radius 1 is 1.14 bits per heavy atom. The Morgan fingerprint density at radius 2 is 1.89 bits per heavy atom. The second kappa shape index (κ2) is 8.24. The highest BCUT2D eigenvalue weighted by Crippen LogP contribution is 2.25. The summed E-state index contributed by atoms with van der Waals surface area (Å²) in [7, 11) is -1.16. The van der Waals surface area contributed by atoms with Crippen molar-refractivity contribution in [1.29, 1.82) is 0 Å². The zero-order chi connectivity index (χ0) is 20.1. The van der Waals surface area contributed by atoms with Crippen LogP contribution in [-0.2, 0) is 21.4 Å². The molecular formula is C19H19N3O5S. The predicted octanol–water partition coefficient (Wildman–Crippen LogP) is 2.15. The third kappa shape index (κ3) is 4.21. The Hall–Kier alpha value is -3.17. The van der Waals surface area contributed by atoms with Crippen molar-refractivity contribution in [3.8, 4) is 11.4 Å². The molecule has 0 unspecified atom stereocenters. The van der Waals surface area contributed by atoms with Crippen LogP contribution in [0.1, 0.15) is 16.1 Å². The van der Waals surface area contributed by atoms with E-state index in [2.05, 4.69) is 9.82 Å². The van der Waals surface area contributed by atoms with Crippen molar-refractivity contribution in [2.24, 2.45) is 0 Å². The van der Waals surface area contributed by atoms with Crippen LogP contribution >= 0.6 is 0 Å². The fourth-order valence-electron chi connectivity index (χ4n) is 2.51. The number of ether oxygens (including phenoxy) is 2. The lowest BCUT2D eigenvalue weighted by molar-refractivity contribution is 0.0467. The van der Waals surface area contributed by atoms with E-state index in [0.29, 0.717) is 5.69 Å². The van der Waals surface area contributed by atoms with E-state index in [0.717, 1.165) is 5.69 Å². The zero-order valence-corrected chi connectivity index (χ0v) is 16.1. The Morgan fingerprint density at radius 3 is 2.57 bits per heavy atom. The summed E-state index contributed by atoms with van der Waals surface area (Å²) >= 11 is 0. The number of methoxy groups -OCH3 is 1. The van der Waals surface area contributed by atoms with Gasteiger partial charge in [0.2, 0.25) is 10.0 Å². The molecule has 0 atom stereocenters. The van der Waals surface area contributed by atoms with E-state index in [-0.39, 0.29) is 22.8 Å². The minimum absolute atomic E-state index is 0.0428. The average molecular weight is 401 g/mol. The van der Waals surface area contributed by atoms with Crippen LogP contribution in [0.25, 0.3) is 5.69 Å². The van der Waals surface area contributed by atoms with Crippen molar-refractivity contribution in [3.05, 3.63) is 72.1 Å². The number of sulfonamides is 1. The number of rotatable bonds is 7. The first kappa shape index (κ1) is 19.6. The highest BCUT2D eigenvalue weighted by molar-refractivity contribution is 7.89. The Labute approximate surface area is 162 Å². The summed E-state index contributed by atoms with van der Waals surface area (Å²) in [6, 6.07) is 15.3. The fraction of sp³-hybridized carbons (Fsp3) is 0.158. The van der Waals surface area contributed by atoms with Gasteiger partial charge in [0.15, 0.2) is 0 Å². The molecule has 0 radical (unpaired) electrons. The first-order valence-corrected chi connectivity index (χ1v) is 9.81. The number of carbonyl (C=O) groups excluding carboxylic acids is 1. The molecule has 1 N–H and O–H groups in total. The van der Waals surface area contributed by atoms with Crippen LogP contribution < -0.4 is 9.46 Å². The average Bonchev–Trinajstić information content (AvgIpc) is 3.21. The molecule has 0 fully saturated rings. The van der Waals surface area contributed by atoms with Crippen molar-refractivity contribution < 1.29 is 22.7 Å². The minimum Gasteiger partial charge on any atom is -0.495 e. The number of nitrogens with zero attached hydrogens (tertiary/aromatic N) is 2. The molecular weight excluding hydrogens is 382 g/mol. The Bertz CT molecular complexity index is 1080. The monoisotopic (exact) mass is 401 g/mol. The van der Waals surface area contributed by atoms with E-state index in [4.69, 9.17) is 9.47 Å². The van der Waals surface area contributed by atoms with Crippen molar-refractivity contribution in [1.82, 2.24) is 14.5 Å². The van der Waals surface area contributed by atoms with Gasteiger partial charge in [-0.15, -0.1) is 0 Å². The molecule has 0 aliphatic rings. The number of para-hydroxylation sites is 1. The SMILES string of the molecule is CNS(=O)(=O)c1cc(C(=O)OCc2ccn(-c3ccccc3)n2)ccc1OC. The first-order chi connectivity index (χ1) is 13.4. The van der Waals surface area contributed by atoms with Crippen molar-refractivity contribution in [2.45, 2.75) is 11.5 Å². The molecule has 28 heavy (non-hydrogen) atoms. The van der Waals surface area contributed by atoms with Crippen LogP contribution in [0.5, 0.6) is 5.75 Å². The summed E-state index contributed by atoms with van der Waals surface area (Å²) in [5, 5.41) is 4.36. The van der Waals surface area contributed by atoms with Gasteiger partial charge in [-0.05, 0) is 43.4 Å². The number of aromatic nitrogens is 2. The Kier molecular flexibility index (Phi) is 5.76. The number of benzene rings is 2. The third-order valence-electron chi connectivity index (χ3n) is 3.97. The van der Waals surface area contributed by atoms with E-state index in [1.807, 2.05) is 30.3 Å². The number of carbonyl (C=O) groups is 1. The summed E-state index contributed by atoms with van der Waals surface area (Å²) in [4.78, 5) is 12.2. The topological polar surface area (TPSA) is 99.5 Å². The molecule has 146 valence electrons. The first-order valence-electron chi connectivity index (χ1n) is 8.33. The van der Waals surface area contributed by atoms with Crippen LogP contribution in [0, 0.1) is 0 Å². The smallest absolute Gasteiger partial charge is 0.338 e. The maximum absolute atomic E-state index is 12.3.